The van der Waals surface area contributed by atoms with Gasteiger partial charge in [0.1, 0.15) is 18.3 Å². The zero-order valence-corrected chi connectivity index (χ0v) is 12.6. The molecule has 0 saturated carbocycles. The van der Waals surface area contributed by atoms with Crippen molar-refractivity contribution in [2.24, 2.45) is 0 Å². The van der Waals surface area contributed by atoms with E-state index in [9.17, 15) is 20.4 Å². The van der Waals surface area contributed by atoms with Crippen molar-refractivity contribution in [2.45, 2.75) is 69.1 Å². The van der Waals surface area contributed by atoms with Gasteiger partial charge in [-0.3, -0.25) is 0 Å². The maximum Gasteiger partial charge on any atom is 0.186 e. The van der Waals surface area contributed by atoms with Crippen LogP contribution in [0, 0.1) is 0 Å². The highest BCUT2D eigenvalue weighted by molar-refractivity contribution is 8.00. The fourth-order valence-corrected chi connectivity index (χ4v) is 3.39. The molecule has 4 N–H and O–H groups in total. The van der Waals surface area contributed by atoms with Crippen molar-refractivity contribution in [3.05, 3.63) is 0 Å². The zero-order valence-electron chi connectivity index (χ0n) is 11.8. The molecule has 0 aliphatic carbocycles. The Kier molecular flexibility index (Phi) is 5.34. The second-order valence-electron chi connectivity index (χ2n) is 5.96. The van der Waals surface area contributed by atoms with E-state index in [1.165, 1.54) is 0 Å². The van der Waals surface area contributed by atoms with Gasteiger partial charge in [0.15, 0.2) is 6.29 Å². The Hall–Kier alpha value is 0.110. The molecule has 2 saturated heterocycles. The Labute approximate surface area is 123 Å². The van der Waals surface area contributed by atoms with Crippen LogP contribution in [0.4, 0.5) is 0 Å². The van der Waals surface area contributed by atoms with Crippen molar-refractivity contribution in [1.29, 1.82) is 0 Å². The molecule has 118 valence electrons. The molecule has 0 bridgehead atoms. The van der Waals surface area contributed by atoms with E-state index in [-0.39, 0.29) is 6.10 Å². The third-order valence-electron chi connectivity index (χ3n) is 3.71. The summed E-state index contributed by atoms with van der Waals surface area (Å²) in [6.07, 6.45) is -4.60. The third kappa shape index (κ3) is 3.65. The van der Waals surface area contributed by atoms with Crippen LogP contribution in [0.15, 0.2) is 0 Å². The van der Waals surface area contributed by atoms with E-state index in [0.717, 1.165) is 0 Å². The van der Waals surface area contributed by atoms with E-state index in [4.69, 9.17) is 9.47 Å². The molecular weight excluding hydrogens is 284 g/mol. The molecule has 5 atom stereocenters. The summed E-state index contributed by atoms with van der Waals surface area (Å²) in [7, 11) is 0. The van der Waals surface area contributed by atoms with Crippen LogP contribution in [-0.2, 0) is 9.47 Å². The number of aliphatic hydroxyl groups excluding tert-OH is 3. The molecule has 20 heavy (non-hydrogen) atoms. The SMILES string of the molecule is CC(C)O[C@H]1O[C@H](CCC2(O)CSC2)[C@@H](O)[C@H](O)[C@@H]1O. The molecule has 2 rings (SSSR count). The maximum absolute atomic E-state index is 10.1. The van der Waals surface area contributed by atoms with Crippen LogP contribution in [0.1, 0.15) is 26.7 Å². The van der Waals surface area contributed by atoms with Crippen molar-refractivity contribution in [3.8, 4) is 0 Å². The van der Waals surface area contributed by atoms with E-state index >= 15 is 0 Å². The molecule has 6 nitrogen and oxygen atoms in total. The Morgan fingerprint density at radius 1 is 1.20 bits per heavy atom. The maximum atomic E-state index is 10.1. The van der Waals surface area contributed by atoms with Crippen molar-refractivity contribution < 1.29 is 29.9 Å². The molecule has 0 aromatic carbocycles. The smallest absolute Gasteiger partial charge is 0.186 e. The molecule has 7 heteroatoms. The van der Waals surface area contributed by atoms with E-state index in [1.807, 2.05) is 0 Å². The molecule has 2 aliphatic rings. The van der Waals surface area contributed by atoms with E-state index in [1.54, 1.807) is 25.6 Å². The first-order valence-electron chi connectivity index (χ1n) is 6.98. The largest absolute Gasteiger partial charge is 0.388 e. The average molecular weight is 308 g/mol. The predicted molar refractivity (Wildman–Crippen MR) is 74.4 cm³/mol. The second kappa shape index (κ2) is 6.48. The van der Waals surface area contributed by atoms with Crippen LogP contribution in [0.3, 0.4) is 0 Å². The lowest BCUT2D eigenvalue weighted by atomic mass is 9.91. The number of hydrogen-bond donors (Lipinski definition) is 4. The number of hydrogen-bond acceptors (Lipinski definition) is 7. The minimum atomic E-state index is -1.30. The monoisotopic (exact) mass is 308 g/mol. The van der Waals surface area contributed by atoms with Gasteiger partial charge in [-0.2, -0.15) is 11.8 Å². The standard InChI is InChI=1S/C13H24O6S/c1-7(2)18-12-11(16)10(15)9(14)8(19-12)3-4-13(17)5-20-6-13/h7-12,14-17H,3-6H2,1-2H3/t8-,9-,10+,11+,12+/m1/s1. The topological polar surface area (TPSA) is 99.4 Å². The molecule has 0 aromatic rings. The van der Waals surface area contributed by atoms with Gasteiger partial charge >= 0.3 is 0 Å². The van der Waals surface area contributed by atoms with E-state index < -0.39 is 36.3 Å². The summed E-state index contributed by atoms with van der Waals surface area (Å²) >= 11 is 1.67. The summed E-state index contributed by atoms with van der Waals surface area (Å²) in [6.45, 7) is 3.60. The molecule has 2 heterocycles. The molecule has 0 radical (unpaired) electrons. The minimum absolute atomic E-state index is 0.162. The van der Waals surface area contributed by atoms with Crippen molar-refractivity contribution >= 4 is 11.8 Å². The van der Waals surface area contributed by atoms with Crippen LogP contribution in [0.2, 0.25) is 0 Å². The minimum Gasteiger partial charge on any atom is -0.388 e. The van der Waals surface area contributed by atoms with Crippen LogP contribution in [0.5, 0.6) is 0 Å². The van der Waals surface area contributed by atoms with Gasteiger partial charge in [0, 0.05) is 11.5 Å². The van der Waals surface area contributed by atoms with Crippen LogP contribution in [0.25, 0.3) is 0 Å². The Bertz CT molecular complexity index is 322. The van der Waals surface area contributed by atoms with Gasteiger partial charge in [-0.25, -0.2) is 0 Å². The van der Waals surface area contributed by atoms with Crippen LogP contribution >= 0.6 is 11.8 Å². The predicted octanol–water partition coefficient (Wildman–Crippen LogP) is -0.523. The highest BCUT2D eigenvalue weighted by Crippen LogP contribution is 2.35. The molecule has 0 spiro atoms. The van der Waals surface area contributed by atoms with Gasteiger partial charge < -0.3 is 29.9 Å². The Morgan fingerprint density at radius 2 is 1.85 bits per heavy atom. The summed E-state index contributed by atoms with van der Waals surface area (Å²) in [4.78, 5) is 0. The fraction of sp³-hybridized carbons (Fsp3) is 1.00. The lowest BCUT2D eigenvalue weighted by Gasteiger charge is -2.43. The molecule has 2 aliphatic heterocycles. The lowest BCUT2D eigenvalue weighted by Crippen LogP contribution is -2.59. The summed E-state index contributed by atoms with van der Waals surface area (Å²) in [6, 6.07) is 0. The third-order valence-corrected chi connectivity index (χ3v) is 5.19. The summed E-state index contributed by atoms with van der Waals surface area (Å²) < 4.78 is 11.0. The summed E-state index contributed by atoms with van der Waals surface area (Å²) in [5.74, 6) is 1.37. The highest BCUT2D eigenvalue weighted by Gasteiger charge is 2.45. The van der Waals surface area contributed by atoms with Gasteiger partial charge in [0.25, 0.3) is 0 Å². The first kappa shape index (κ1) is 16.5. The Balaban J connectivity index is 1.92. The molecule has 0 aromatic heterocycles. The van der Waals surface area contributed by atoms with Gasteiger partial charge in [0.05, 0.1) is 17.8 Å². The van der Waals surface area contributed by atoms with Crippen LogP contribution in [-0.4, -0.2) is 74.3 Å². The van der Waals surface area contributed by atoms with Gasteiger partial charge in [0.2, 0.25) is 0 Å². The van der Waals surface area contributed by atoms with Crippen LogP contribution < -0.4 is 0 Å². The molecule has 0 unspecified atom stereocenters. The molecule has 0 amide bonds. The first-order valence-corrected chi connectivity index (χ1v) is 8.13. The number of aliphatic hydroxyl groups is 4. The number of rotatable bonds is 5. The van der Waals surface area contributed by atoms with E-state index in [2.05, 4.69) is 0 Å². The summed E-state index contributed by atoms with van der Waals surface area (Å²) in [5.41, 5.74) is -0.691. The average Bonchev–Trinajstić information content (AvgIpc) is 2.35. The van der Waals surface area contributed by atoms with Crippen molar-refractivity contribution in [2.75, 3.05) is 11.5 Å². The highest BCUT2D eigenvalue weighted by atomic mass is 32.2. The van der Waals surface area contributed by atoms with Gasteiger partial charge in [-0.1, -0.05) is 0 Å². The van der Waals surface area contributed by atoms with Gasteiger partial charge in [-0.05, 0) is 26.7 Å². The first-order chi connectivity index (χ1) is 9.32. The fourth-order valence-electron chi connectivity index (χ4n) is 2.43. The Morgan fingerprint density at radius 3 is 2.35 bits per heavy atom. The lowest BCUT2D eigenvalue weighted by molar-refractivity contribution is -0.306. The quantitative estimate of drug-likeness (QED) is 0.542. The van der Waals surface area contributed by atoms with Crippen molar-refractivity contribution in [1.82, 2.24) is 0 Å². The molecule has 2 fully saturated rings. The molecular formula is C13H24O6S. The van der Waals surface area contributed by atoms with E-state index in [0.29, 0.717) is 24.3 Å². The zero-order chi connectivity index (χ0) is 14.9. The number of ether oxygens (including phenoxy) is 2. The van der Waals surface area contributed by atoms with Gasteiger partial charge in [-0.15, -0.1) is 0 Å². The van der Waals surface area contributed by atoms with Crippen molar-refractivity contribution in [3.63, 3.8) is 0 Å². The number of thioether (sulfide) groups is 1. The normalized spacial score (nSPS) is 40.6. The summed E-state index contributed by atoms with van der Waals surface area (Å²) in [5, 5.41) is 39.7. The second-order valence-corrected chi connectivity index (χ2v) is 6.94.